The Morgan fingerprint density at radius 2 is 2.11 bits per heavy atom. The largest absolute Gasteiger partial charge is 0.495 e. The molecule has 3 N–H and O–H groups in total. The third kappa shape index (κ3) is 4.50. The van der Waals surface area contributed by atoms with E-state index in [9.17, 15) is 0 Å². The van der Waals surface area contributed by atoms with Crippen molar-refractivity contribution in [2.75, 3.05) is 20.0 Å². The Balaban J connectivity index is 2.97. The minimum absolute atomic E-state index is 0.135. The van der Waals surface area contributed by atoms with Crippen LogP contribution in [0.25, 0.3) is 0 Å². The van der Waals surface area contributed by atoms with Crippen molar-refractivity contribution in [2.45, 2.75) is 13.3 Å². The van der Waals surface area contributed by atoms with Crippen LogP contribution in [0, 0.1) is 5.41 Å². The fourth-order valence-electron chi connectivity index (χ4n) is 1.70. The van der Waals surface area contributed by atoms with Gasteiger partial charge in [0, 0.05) is 6.08 Å². The van der Waals surface area contributed by atoms with Crippen LogP contribution >= 0.6 is 0 Å². The molecule has 0 heterocycles. The van der Waals surface area contributed by atoms with E-state index in [1.54, 1.807) is 13.2 Å². The molecular weight excluding hydrogens is 240 g/mol. The van der Waals surface area contributed by atoms with Gasteiger partial charge < -0.3 is 15.2 Å². The molecule has 0 spiro atoms. The molecule has 0 aromatic heterocycles. The molecule has 0 bridgehead atoms. The Morgan fingerprint density at radius 1 is 1.37 bits per heavy atom. The molecule has 102 valence electrons. The first kappa shape index (κ1) is 14.8. The van der Waals surface area contributed by atoms with Crippen molar-refractivity contribution in [3.8, 4) is 5.75 Å². The van der Waals surface area contributed by atoms with E-state index in [-0.39, 0.29) is 5.90 Å². The van der Waals surface area contributed by atoms with Gasteiger partial charge in [-0.25, -0.2) is 0 Å². The third-order valence-electron chi connectivity index (χ3n) is 2.62. The van der Waals surface area contributed by atoms with Crippen LogP contribution in [0.15, 0.2) is 42.0 Å². The van der Waals surface area contributed by atoms with Crippen LogP contribution in [-0.4, -0.2) is 20.1 Å². The van der Waals surface area contributed by atoms with Crippen molar-refractivity contribution in [1.82, 2.24) is 0 Å². The fourth-order valence-corrected chi connectivity index (χ4v) is 1.70. The Hall–Kier alpha value is -2.23. The highest BCUT2D eigenvalue weighted by Crippen LogP contribution is 2.23. The van der Waals surface area contributed by atoms with E-state index < -0.39 is 0 Å². The van der Waals surface area contributed by atoms with Crippen molar-refractivity contribution in [3.05, 3.63) is 47.6 Å². The second-order valence-electron chi connectivity index (χ2n) is 4.04. The van der Waals surface area contributed by atoms with Crippen LogP contribution in [0.2, 0.25) is 0 Å². The molecule has 0 aliphatic rings. The smallest absolute Gasteiger partial charge is 0.205 e. The molecular formula is C15H20N2O2. The van der Waals surface area contributed by atoms with E-state index in [0.29, 0.717) is 17.9 Å². The van der Waals surface area contributed by atoms with Crippen molar-refractivity contribution in [3.63, 3.8) is 0 Å². The average molecular weight is 260 g/mol. The fraction of sp³-hybridized carbons (Fsp3) is 0.267. The summed E-state index contributed by atoms with van der Waals surface area (Å²) in [5, 5.41) is 7.55. The number of anilines is 1. The maximum Gasteiger partial charge on any atom is 0.205 e. The van der Waals surface area contributed by atoms with Gasteiger partial charge in [-0.15, -0.1) is 0 Å². The molecule has 1 aromatic rings. The summed E-state index contributed by atoms with van der Waals surface area (Å²) in [6.45, 7) is 1.94. The number of hydrogen-bond donors (Lipinski definition) is 2. The van der Waals surface area contributed by atoms with E-state index in [1.165, 1.54) is 7.11 Å². The molecule has 0 fully saturated rings. The van der Waals surface area contributed by atoms with Crippen LogP contribution in [0.4, 0.5) is 5.69 Å². The van der Waals surface area contributed by atoms with Crippen molar-refractivity contribution >= 4 is 11.6 Å². The Kier molecular flexibility index (Phi) is 5.67. The van der Waals surface area contributed by atoms with Crippen molar-refractivity contribution in [2.24, 2.45) is 0 Å². The third-order valence-corrected chi connectivity index (χ3v) is 2.62. The lowest BCUT2D eigenvalue weighted by molar-refractivity contribution is 0.403. The molecule has 19 heavy (non-hydrogen) atoms. The lowest BCUT2D eigenvalue weighted by Crippen LogP contribution is -1.99. The van der Waals surface area contributed by atoms with Crippen LogP contribution in [-0.2, 0) is 11.2 Å². The maximum atomic E-state index is 7.55. The summed E-state index contributed by atoms with van der Waals surface area (Å²) in [4.78, 5) is 0. The highest BCUT2D eigenvalue weighted by molar-refractivity contribution is 5.85. The zero-order chi connectivity index (χ0) is 14.3. The van der Waals surface area contributed by atoms with Gasteiger partial charge in [-0.1, -0.05) is 18.2 Å². The molecule has 0 aliphatic heterocycles. The number of allylic oxidation sites excluding steroid dienone is 3. The SMILES string of the molecule is C/C=C\C(=C/C(=N)OC)Cc1ccc(N)c(OC)c1. The first-order chi connectivity index (χ1) is 9.10. The van der Waals surface area contributed by atoms with Gasteiger partial charge in [0.25, 0.3) is 0 Å². The molecule has 4 heteroatoms. The van der Waals surface area contributed by atoms with E-state index in [2.05, 4.69) is 0 Å². The highest BCUT2D eigenvalue weighted by atomic mass is 16.5. The van der Waals surface area contributed by atoms with Gasteiger partial charge in [0.1, 0.15) is 5.75 Å². The number of benzene rings is 1. The summed E-state index contributed by atoms with van der Waals surface area (Å²) >= 11 is 0. The molecule has 1 aromatic carbocycles. The summed E-state index contributed by atoms with van der Waals surface area (Å²) in [7, 11) is 3.08. The average Bonchev–Trinajstić information content (AvgIpc) is 2.41. The Bertz CT molecular complexity index is 505. The van der Waals surface area contributed by atoms with Crippen LogP contribution in [0.5, 0.6) is 5.75 Å². The van der Waals surface area contributed by atoms with Gasteiger partial charge in [0.05, 0.1) is 19.9 Å². The first-order valence-electron chi connectivity index (χ1n) is 5.99. The Labute approximate surface area is 114 Å². The topological polar surface area (TPSA) is 68.3 Å². The summed E-state index contributed by atoms with van der Waals surface area (Å²) in [5.74, 6) is 0.801. The normalized spacial score (nSPS) is 11.6. The lowest BCUT2D eigenvalue weighted by atomic mass is 10.0. The van der Waals surface area contributed by atoms with Crippen molar-refractivity contribution < 1.29 is 9.47 Å². The molecule has 0 amide bonds. The molecule has 0 atom stereocenters. The van der Waals surface area contributed by atoms with Gasteiger partial charge >= 0.3 is 0 Å². The number of nitrogens with two attached hydrogens (primary N) is 1. The van der Waals surface area contributed by atoms with Crippen LogP contribution < -0.4 is 10.5 Å². The van der Waals surface area contributed by atoms with Crippen LogP contribution in [0.1, 0.15) is 12.5 Å². The van der Waals surface area contributed by atoms with Gasteiger partial charge in [-0.3, -0.25) is 5.41 Å². The summed E-state index contributed by atoms with van der Waals surface area (Å²) in [6.07, 6.45) is 6.27. The number of methoxy groups -OCH3 is 2. The van der Waals surface area contributed by atoms with E-state index in [1.807, 2.05) is 37.3 Å². The second-order valence-corrected chi connectivity index (χ2v) is 4.04. The first-order valence-corrected chi connectivity index (χ1v) is 5.99. The minimum atomic E-state index is 0.135. The number of nitrogens with one attached hydrogen (secondary N) is 1. The Morgan fingerprint density at radius 3 is 2.68 bits per heavy atom. The predicted octanol–water partition coefficient (Wildman–Crippen LogP) is 2.95. The van der Waals surface area contributed by atoms with Gasteiger partial charge in [-0.2, -0.15) is 0 Å². The molecule has 0 radical (unpaired) electrons. The quantitative estimate of drug-likeness (QED) is 0.370. The number of hydrogen-bond acceptors (Lipinski definition) is 4. The maximum absolute atomic E-state index is 7.55. The summed E-state index contributed by atoms with van der Waals surface area (Å²) in [5.41, 5.74) is 8.46. The molecule has 1 rings (SSSR count). The van der Waals surface area contributed by atoms with Crippen LogP contribution in [0.3, 0.4) is 0 Å². The van der Waals surface area contributed by atoms with E-state index in [4.69, 9.17) is 20.6 Å². The summed E-state index contributed by atoms with van der Waals surface area (Å²) < 4.78 is 10.1. The highest BCUT2D eigenvalue weighted by Gasteiger charge is 2.03. The number of nitrogen functional groups attached to an aromatic ring is 1. The molecule has 4 nitrogen and oxygen atoms in total. The molecule has 0 saturated heterocycles. The van der Waals surface area contributed by atoms with Gasteiger partial charge in [0.2, 0.25) is 5.90 Å². The summed E-state index contributed by atoms with van der Waals surface area (Å²) in [6, 6.07) is 5.68. The van der Waals surface area contributed by atoms with E-state index in [0.717, 1.165) is 11.1 Å². The standard InChI is InChI=1S/C15H20N2O2/c1-4-5-11(10-15(17)19-3)8-12-6-7-13(16)14(9-12)18-2/h4-7,9-10,17H,8,16H2,1-3H3/b5-4-,11-10+,17-15?. The lowest BCUT2D eigenvalue weighted by Gasteiger charge is -2.08. The van der Waals surface area contributed by atoms with E-state index >= 15 is 0 Å². The number of ether oxygens (including phenoxy) is 2. The monoisotopic (exact) mass is 260 g/mol. The molecule has 0 saturated carbocycles. The van der Waals surface area contributed by atoms with Gasteiger partial charge in [0.15, 0.2) is 0 Å². The molecule has 0 unspecified atom stereocenters. The predicted molar refractivity (Wildman–Crippen MR) is 78.7 cm³/mol. The minimum Gasteiger partial charge on any atom is -0.495 e. The second kappa shape index (κ2) is 7.26. The molecule has 0 aliphatic carbocycles. The zero-order valence-electron chi connectivity index (χ0n) is 11.6. The van der Waals surface area contributed by atoms with Crippen molar-refractivity contribution in [1.29, 1.82) is 5.41 Å². The zero-order valence-corrected chi connectivity index (χ0v) is 11.6. The van der Waals surface area contributed by atoms with Gasteiger partial charge in [-0.05, 0) is 36.6 Å². The number of rotatable bonds is 5.